The van der Waals surface area contributed by atoms with E-state index in [1.54, 1.807) is 12.4 Å². The van der Waals surface area contributed by atoms with Gasteiger partial charge in [0.25, 0.3) is 0 Å². The molecule has 1 N–H and O–H groups in total. The Hall–Kier alpha value is -1.75. The van der Waals surface area contributed by atoms with Crippen molar-refractivity contribution in [3.63, 3.8) is 0 Å². The maximum absolute atomic E-state index is 4.61. The van der Waals surface area contributed by atoms with Crippen LogP contribution in [0.1, 0.15) is 31.9 Å². The van der Waals surface area contributed by atoms with E-state index in [0.717, 1.165) is 49.6 Å². The number of hydrogen-bond donors (Lipinski definition) is 1. The Morgan fingerprint density at radius 3 is 2.81 bits per heavy atom. The van der Waals surface area contributed by atoms with Crippen molar-refractivity contribution in [1.82, 2.24) is 25.1 Å². The minimum atomic E-state index is 0.712. The van der Waals surface area contributed by atoms with Crippen LogP contribution in [-0.2, 0) is 13.0 Å². The highest BCUT2D eigenvalue weighted by atomic mass is 15.3. The number of aryl methyl sites for hydroxylation is 1. The van der Waals surface area contributed by atoms with Crippen LogP contribution in [-0.4, -0.2) is 32.8 Å². The molecule has 0 amide bonds. The first-order valence-corrected chi connectivity index (χ1v) is 7.91. The molecule has 2 aromatic heterocycles. The summed E-state index contributed by atoms with van der Waals surface area (Å²) in [4.78, 5) is 9.20. The molecule has 3 rings (SSSR count). The molecule has 1 aliphatic heterocycles. The molecule has 0 bridgehead atoms. The van der Waals surface area contributed by atoms with Crippen molar-refractivity contribution in [2.45, 2.75) is 39.2 Å². The van der Waals surface area contributed by atoms with Gasteiger partial charge in [-0.25, -0.2) is 0 Å². The molecule has 0 saturated carbocycles. The highest BCUT2D eigenvalue weighted by molar-refractivity contribution is 5.56. The molecular formula is C16H23N5. The normalized spacial score (nSPS) is 16.2. The van der Waals surface area contributed by atoms with Crippen LogP contribution in [0, 0.1) is 5.92 Å². The van der Waals surface area contributed by atoms with Crippen LogP contribution >= 0.6 is 0 Å². The Balaban J connectivity index is 1.86. The molecule has 0 spiro atoms. The fraction of sp³-hybridized carbons (Fsp3) is 0.562. The van der Waals surface area contributed by atoms with Crippen molar-refractivity contribution in [3.8, 4) is 11.4 Å². The lowest BCUT2D eigenvalue weighted by atomic mass is 9.92. The number of nitrogens with one attached hydrogen (secondary N) is 1. The molecule has 2 aromatic rings. The zero-order valence-corrected chi connectivity index (χ0v) is 12.6. The largest absolute Gasteiger partial charge is 0.317 e. The molecule has 0 atom stereocenters. The minimum absolute atomic E-state index is 0.712. The van der Waals surface area contributed by atoms with Gasteiger partial charge in [0, 0.05) is 25.1 Å². The standard InChI is InChI=1S/C16H23N5/c1-2-11-21-15(5-8-20-21)16-14(18-9-10-19-16)12-13-3-6-17-7-4-13/h5,8-10,13,17H,2-4,6-7,11-12H2,1H3. The summed E-state index contributed by atoms with van der Waals surface area (Å²) in [5, 5.41) is 7.83. The Morgan fingerprint density at radius 2 is 2.00 bits per heavy atom. The quantitative estimate of drug-likeness (QED) is 0.916. The van der Waals surface area contributed by atoms with Crippen LogP contribution in [0.2, 0.25) is 0 Å². The van der Waals surface area contributed by atoms with Crippen molar-refractivity contribution in [1.29, 1.82) is 0 Å². The van der Waals surface area contributed by atoms with E-state index in [2.05, 4.69) is 27.3 Å². The summed E-state index contributed by atoms with van der Waals surface area (Å²) in [6, 6.07) is 2.05. The van der Waals surface area contributed by atoms with Gasteiger partial charge in [0.1, 0.15) is 5.69 Å². The zero-order valence-electron chi connectivity index (χ0n) is 12.6. The number of piperidine rings is 1. The van der Waals surface area contributed by atoms with E-state index in [9.17, 15) is 0 Å². The maximum Gasteiger partial charge on any atom is 0.110 e. The Labute approximate surface area is 125 Å². The molecule has 1 saturated heterocycles. The molecule has 21 heavy (non-hydrogen) atoms. The third-order valence-corrected chi connectivity index (χ3v) is 4.11. The van der Waals surface area contributed by atoms with E-state index in [1.165, 1.54) is 12.8 Å². The van der Waals surface area contributed by atoms with Gasteiger partial charge in [0.2, 0.25) is 0 Å². The summed E-state index contributed by atoms with van der Waals surface area (Å²) in [5.41, 5.74) is 3.21. The van der Waals surface area contributed by atoms with Crippen molar-refractivity contribution < 1.29 is 0 Å². The fourth-order valence-corrected chi connectivity index (χ4v) is 3.01. The van der Waals surface area contributed by atoms with Crippen molar-refractivity contribution >= 4 is 0 Å². The van der Waals surface area contributed by atoms with Crippen LogP contribution in [0.5, 0.6) is 0 Å². The average Bonchev–Trinajstić information content (AvgIpc) is 2.97. The van der Waals surface area contributed by atoms with Gasteiger partial charge in [-0.05, 0) is 50.8 Å². The summed E-state index contributed by atoms with van der Waals surface area (Å²) in [6.07, 6.45) is 9.98. The molecule has 5 nitrogen and oxygen atoms in total. The van der Waals surface area contributed by atoms with Crippen LogP contribution in [0.3, 0.4) is 0 Å². The van der Waals surface area contributed by atoms with Gasteiger partial charge in [0.15, 0.2) is 0 Å². The van der Waals surface area contributed by atoms with Crippen LogP contribution < -0.4 is 5.32 Å². The van der Waals surface area contributed by atoms with Crippen LogP contribution in [0.25, 0.3) is 11.4 Å². The fourth-order valence-electron chi connectivity index (χ4n) is 3.01. The smallest absolute Gasteiger partial charge is 0.110 e. The van der Waals surface area contributed by atoms with E-state index in [4.69, 9.17) is 0 Å². The van der Waals surface area contributed by atoms with Gasteiger partial charge in [-0.3, -0.25) is 14.6 Å². The first kappa shape index (κ1) is 14.2. The monoisotopic (exact) mass is 285 g/mol. The lowest BCUT2D eigenvalue weighted by molar-refractivity contribution is 0.370. The predicted octanol–water partition coefficient (Wildman–Crippen LogP) is 2.29. The van der Waals surface area contributed by atoms with Crippen molar-refractivity contribution in [3.05, 3.63) is 30.4 Å². The third-order valence-electron chi connectivity index (χ3n) is 4.11. The van der Waals surface area contributed by atoms with Gasteiger partial charge in [-0.15, -0.1) is 0 Å². The first-order valence-electron chi connectivity index (χ1n) is 7.91. The summed E-state index contributed by atoms with van der Waals surface area (Å²) in [7, 11) is 0. The van der Waals surface area contributed by atoms with Gasteiger partial charge >= 0.3 is 0 Å². The van der Waals surface area contributed by atoms with Crippen LogP contribution in [0.15, 0.2) is 24.7 Å². The molecule has 0 aliphatic carbocycles. The highest BCUT2D eigenvalue weighted by Crippen LogP contribution is 2.24. The van der Waals surface area contributed by atoms with E-state index in [-0.39, 0.29) is 0 Å². The Bertz CT molecular complexity index is 572. The highest BCUT2D eigenvalue weighted by Gasteiger charge is 2.18. The molecular weight excluding hydrogens is 262 g/mol. The van der Waals surface area contributed by atoms with E-state index >= 15 is 0 Å². The number of hydrogen-bond acceptors (Lipinski definition) is 4. The van der Waals surface area contributed by atoms with Gasteiger partial charge in [-0.1, -0.05) is 6.92 Å². The summed E-state index contributed by atoms with van der Waals surface area (Å²) < 4.78 is 2.04. The Kier molecular flexibility index (Phi) is 4.60. The topological polar surface area (TPSA) is 55.6 Å². The molecule has 0 unspecified atom stereocenters. The number of aromatic nitrogens is 4. The van der Waals surface area contributed by atoms with Gasteiger partial charge in [-0.2, -0.15) is 5.10 Å². The molecule has 0 radical (unpaired) electrons. The van der Waals surface area contributed by atoms with Crippen molar-refractivity contribution in [2.24, 2.45) is 5.92 Å². The van der Waals surface area contributed by atoms with Crippen molar-refractivity contribution in [2.75, 3.05) is 13.1 Å². The second-order valence-electron chi connectivity index (χ2n) is 5.69. The molecule has 3 heterocycles. The lowest BCUT2D eigenvalue weighted by Crippen LogP contribution is -2.29. The number of nitrogens with zero attached hydrogens (tertiary/aromatic N) is 4. The first-order chi connectivity index (χ1) is 10.4. The van der Waals surface area contributed by atoms with E-state index in [0.29, 0.717) is 5.92 Å². The Morgan fingerprint density at radius 1 is 1.19 bits per heavy atom. The maximum atomic E-state index is 4.61. The SMILES string of the molecule is CCCn1nccc1-c1nccnc1CC1CCNCC1. The molecule has 0 aromatic carbocycles. The van der Waals surface area contributed by atoms with Gasteiger partial charge in [0.05, 0.1) is 11.4 Å². The molecule has 5 heteroatoms. The molecule has 1 fully saturated rings. The second kappa shape index (κ2) is 6.80. The zero-order chi connectivity index (χ0) is 14.5. The minimum Gasteiger partial charge on any atom is -0.317 e. The second-order valence-corrected chi connectivity index (χ2v) is 5.69. The molecule has 112 valence electrons. The lowest BCUT2D eigenvalue weighted by Gasteiger charge is -2.22. The summed E-state index contributed by atoms with van der Waals surface area (Å²) in [6.45, 7) is 5.33. The number of rotatable bonds is 5. The predicted molar refractivity (Wildman–Crippen MR) is 82.8 cm³/mol. The van der Waals surface area contributed by atoms with E-state index < -0.39 is 0 Å². The summed E-state index contributed by atoms with van der Waals surface area (Å²) >= 11 is 0. The average molecular weight is 285 g/mol. The van der Waals surface area contributed by atoms with E-state index in [1.807, 2.05) is 16.9 Å². The third kappa shape index (κ3) is 3.29. The molecule has 1 aliphatic rings. The van der Waals surface area contributed by atoms with Gasteiger partial charge < -0.3 is 5.32 Å². The summed E-state index contributed by atoms with van der Waals surface area (Å²) in [5.74, 6) is 0.712. The van der Waals surface area contributed by atoms with Crippen LogP contribution in [0.4, 0.5) is 0 Å².